The van der Waals surface area contributed by atoms with E-state index in [-0.39, 0.29) is 5.78 Å². The van der Waals surface area contributed by atoms with E-state index in [9.17, 15) is 4.79 Å². The van der Waals surface area contributed by atoms with Crippen molar-refractivity contribution in [3.8, 4) is 0 Å². The summed E-state index contributed by atoms with van der Waals surface area (Å²) in [6, 6.07) is 2.39. The van der Waals surface area contributed by atoms with E-state index in [1.165, 1.54) is 11.3 Å². The number of likely N-dealkylation sites (N-methyl/N-ethyl adjacent to an activating group) is 1. The van der Waals surface area contributed by atoms with Crippen molar-refractivity contribution in [1.82, 2.24) is 9.80 Å². The van der Waals surface area contributed by atoms with E-state index in [4.69, 9.17) is 0 Å². The van der Waals surface area contributed by atoms with Gasteiger partial charge in [-0.15, -0.1) is 11.3 Å². The predicted molar refractivity (Wildman–Crippen MR) is 79.5 cm³/mol. The Hall–Kier alpha value is -0.230. The number of hydrogen-bond donors (Lipinski definition) is 0. The molecular formula is C13H19BrN2OS. The molecule has 0 aromatic carbocycles. The number of thiophene rings is 1. The summed E-state index contributed by atoms with van der Waals surface area (Å²) in [4.78, 5) is 17.8. The molecule has 0 spiro atoms. The van der Waals surface area contributed by atoms with E-state index in [1.54, 1.807) is 0 Å². The van der Waals surface area contributed by atoms with Gasteiger partial charge in [-0.3, -0.25) is 9.69 Å². The summed E-state index contributed by atoms with van der Waals surface area (Å²) in [6.45, 7) is 5.92. The zero-order chi connectivity index (χ0) is 13.1. The van der Waals surface area contributed by atoms with Crippen LogP contribution in [0, 0.1) is 0 Å². The number of carbonyl (C=O) groups is 1. The molecule has 1 aliphatic rings. The average molecular weight is 331 g/mol. The van der Waals surface area contributed by atoms with E-state index in [2.05, 4.69) is 39.7 Å². The van der Waals surface area contributed by atoms with Crippen LogP contribution in [0.25, 0.3) is 0 Å². The normalized spacial score (nSPS) is 22.9. The maximum atomic E-state index is 12.3. The topological polar surface area (TPSA) is 23.6 Å². The molecule has 1 aliphatic heterocycles. The molecule has 1 aromatic heterocycles. The molecule has 0 N–H and O–H groups in total. The fourth-order valence-corrected chi connectivity index (χ4v) is 3.93. The van der Waals surface area contributed by atoms with Crippen LogP contribution in [0.5, 0.6) is 0 Å². The molecule has 0 bridgehead atoms. The van der Waals surface area contributed by atoms with Gasteiger partial charge in [0.2, 0.25) is 0 Å². The van der Waals surface area contributed by atoms with Crippen molar-refractivity contribution >= 4 is 33.0 Å². The van der Waals surface area contributed by atoms with Crippen LogP contribution in [-0.4, -0.2) is 54.9 Å². The summed E-state index contributed by atoms with van der Waals surface area (Å²) in [5.41, 5.74) is 0. The third-order valence-corrected chi connectivity index (χ3v) is 5.28. The minimum atomic E-state index is 0.230. The molecule has 3 nitrogen and oxygen atoms in total. The van der Waals surface area contributed by atoms with Crippen LogP contribution in [-0.2, 0) is 0 Å². The molecule has 2 heterocycles. The van der Waals surface area contributed by atoms with Crippen molar-refractivity contribution in [2.24, 2.45) is 0 Å². The van der Waals surface area contributed by atoms with Gasteiger partial charge < -0.3 is 4.90 Å². The van der Waals surface area contributed by atoms with E-state index in [1.807, 2.05) is 11.4 Å². The van der Waals surface area contributed by atoms with Gasteiger partial charge in [-0.05, 0) is 54.3 Å². The molecule has 1 fully saturated rings. The van der Waals surface area contributed by atoms with Crippen LogP contribution in [0.2, 0.25) is 0 Å². The molecule has 0 amide bonds. The van der Waals surface area contributed by atoms with Gasteiger partial charge in [0, 0.05) is 23.6 Å². The van der Waals surface area contributed by atoms with Crippen molar-refractivity contribution in [1.29, 1.82) is 0 Å². The molecule has 0 radical (unpaired) electrons. The predicted octanol–water partition coefficient (Wildman–Crippen LogP) is 2.72. The van der Waals surface area contributed by atoms with Crippen molar-refractivity contribution in [2.45, 2.75) is 19.4 Å². The molecule has 1 atom stereocenters. The number of carbonyl (C=O) groups excluding carboxylic acids is 1. The van der Waals surface area contributed by atoms with Gasteiger partial charge in [0.1, 0.15) is 0 Å². The first-order chi connectivity index (χ1) is 8.58. The lowest BCUT2D eigenvalue weighted by atomic mass is 10.2. The van der Waals surface area contributed by atoms with Crippen molar-refractivity contribution in [3.63, 3.8) is 0 Å². The van der Waals surface area contributed by atoms with Crippen LogP contribution in [0.4, 0.5) is 0 Å². The third-order valence-electron chi connectivity index (χ3n) is 3.40. The molecule has 5 heteroatoms. The van der Waals surface area contributed by atoms with E-state index in [0.717, 1.165) is 35.4 Å². The van der Waals surface area contributed by atoms with Gasteiger partial charge in [0.25, 0.3) is 0 Å². The van der Waals surface area contributed by atoms with Gasteiger partial charge >= 0.3 is 0 Å². The molecule has 1 aromatic rings. The smallest absolute Gasteiger partial charge is 0.187 e. The first-order valence-electron chi connectivity index (χ1n) is 6.26. The number of halogens is 1. The Morgan fingerprint density at radius 3 is 3.00 bits per heavy atom. The molecule has 2 rings (SSSR count). The summed E-state index contributed by atoms with van der Waals surface area (Å²) in [6.07, 6.45) is 1.14. The summed E-state index contributed by atoms with van der Waals surface area (Å²) in [7, 11) is 2.15. The van der Waals surface area contributed by atoms with Gasteiger partial charge in [-0.25, -0.2) is 0 Å². The van der Waals surface area contributed by atoms with Gasteiger partial charge in [-0.2, -0.15) is 0 Å². The quantitative estimate of drug-likeness (QED) is 0.796. The zero-order valence-electron chi connectivity index (χ0n) is 10.9. The second-order valence-electron chi connectivity index (χ2n) is 4.96. The SMILES string of the molecule is CC1CN(C)CCCN1CC(=O)c1sccc1Br. The van der Waals surface area contributed by atoms with Crippen LogP contribution in [0.15, 0.2) is 15.9 Å². The molecule has 0 aliphatic carbocycles. The Morgan fingerprint density at radius 1 is 1.56 bits per heavy atom. The lowest BCUT2D eigenvalue weighted by Crippen LogP contribution is -2.40. The largest absolute Gasteiger partial charge is 0.305 e. The Kier molecular flexibility index (Phi) is 4.95. The van der Waals surface area contributed by atoms with Gasteiger partial charge in [-0.1, -0.05) is 0 Å². The minimum absolute atomic E-state index is 0.230. The standard InChI is InChI=1S/C13H19BrN2OS/c1-10-8-15(2)5-3-6-16(10)9-12(17)13-11(14)4-7-18-13/h4,7,10H,3,5-6,8-9H2,1-2H3. The number of nitrogens with zero attached hydrogens (tertiary/aromatic N) is 2. The molecular weight excluding hydrogens is 312 g/mol. The maximum Gasteiger partial charge on any atom is 0.187 e. The summed E-state index contributed by atoms with van der Waals surface area (Å²) in [5.74, 6) is 0.230. The number of rotatable bonds is 3. The van der Waals surface area contributed by atoms with Crippen LogP contribution in [0.1, 0.15) is 23.0 Å². The highest BCUT2D eigenvalue weighted by molar-refractivity contribution is 9.10. The summed E-state index contributed by atoms with van der Waals surface area (Å²) < 4.78 is 0.928. The zero-order valence-corrected chi connectivity index (χ0v) is 13.3. The Morgan fingerprint density at radius 2 is 2.33 bits per heavy atom. The maximum absolute atomic E-state index is 12.3. The molecule has 0 saturated carbocycles. The number of hydrogen-bond acceptors (Lipinski definition) is 4. The molecule has 1 saturated heterocycles. The highest BCUT2D eigenvalue weighted by atomic mass is 79.9. The van der Waals surface area contributed by atoms with Gasteiger partial charge in [0.05, 0.1) is 11.4 Å². The number of ketones is 1. The van der Waals surface area contributed by atoms with E-state index >= 15 is 0 Å². The van der Waals surface area contributed by atoms with Crippen LogP contribution in [0.3, 0.4) is 0 Å². The van der Waals surface area contributed by atoms with Gasteiger partial charge in [0.15, 0.2) is 5.78 Å². The van der Waals surface area contributed by atoms with Crippen molar-refractivity contribution in [3.05, 3.63) is 20.8 Å². The molecule has 18 heavy (non-hydrogen) atoms. The van der Waals surface area contributed by atoms with Crippen molar-refractivity contribution < 1.29 is 4.79 Å². The summed E-state index contributed by atoms with van der Waals surface area (Å²) in [5, 5.41) is 1.96. The van der Waals surface area contributed by atoms with E-state index in [0.29, 0.717) is 12.6 Å². The fourth-order valence-electron chi connectivity index (χ4n) is 2.41. The second kappa shape index (κ2) is 6.28. The first kappa shape index (κ1) is 14.2. The Labute approximate surface area is 121 Å². The minimum Gasteiger partial charge on any atom is -0.305 e. The number of Topliss-reactive ketones (excluding diaryl/α,β-unsaturated/α-hetero) is 1. The van der Waals surface area contributed by atoms with Crippen molar-refractivity contribution in [2.75, 3.05) is 33.2 Å². The highest BCUT2D eigenvalue weighted by Crippen LogP contribution is 2.23. The average Bonchev–Trinajstić information content (AvgIpc) is 2.67. The lowest BCUT2D eigenvalue weighted by molar-refractivity contribution is 0.0903. The van der Waals surface area contributed by atoms with E-state index < -0.39 is 0 Å². The second-order valence-corrected chi connectivity index (χ2v) is 6.73. The van der Waals surface area contributed by atoms with Crippen LogP contribution < -0.4 is 0 Å². The Balaban J connectivity index is 2.00. The first-order valence-corrected chi connectivity index (χ1v) is 7.94. The van der Waals surface area contributed by atoms with Crippen LogP contribution >= 0.6 is 27.3 Å². The monoisotopic (exact) mass is 330 g/mol. The fraction of sp³-hybridized carbons (Fsp3) is 0.615. The third kappa shape index (κ3) is 3.41. The lowest BCUT2D eigenvalue weighted by Gasteiger charge is -2.26. The molecule has 1 unspecified atom stereocenters. The summed E-state index contributed by atoms with van der Waals surface area (Å²) >= 11 is 4.95. The Bertz CT molecular complexity index is 421. The highest BCUT2D eigenvalue weighted by Gasteiger charge is 2.23. The molecule has 100 valence electrons.